The lowest BCUT2D eigenvalue weighted by molar-refractivity contribution is -0.0326. The monoisotopic (exact) mass is 240 g/mol. The lowest BCUT2D eigenvalue weighted by Crippen LogP contribution is -2.23. The van der Waals surface area contributed by atoms with Gasteiger partial charge in [0.25, 0.3) is 0 Å². The first-order valence-corrected chi connectivity index (χ1v) is 5.51. The zero-order valence-electron chi connectivity index (χ0n) is 10.3. The molecule has 1 rings (SSSR count). The molecular weight excluding hydrogens is 223 g/mol. The average Bonchev–Trinajstić information content (AvgIpc) is 2.27. The van der Waals surface area contributed by atoms with Crippen molar-refractivity contribution in [3.05, 3.63) is 35.1 Å². The van der Waals surface area contributed by atoms with Crippen LogP contribution in [0.2, 0.25) is 0 Å². The third-order valence-corrected chi connectivity index (χ3v) is 2.77. The van der Waals surface area contributed by atoms with Crippen molar-refractivity contribution in [2.24, 2.45) is 0 Å². The highest BCUT2D eigenvalue weighted by Gasteiger charge is 2.16. The molecule has 3 nitrogen and oxygen atoms in total. The smallest absolute Gasteiger partial charge is 0.335 e. The maximum absolute atomic E-state index is 13.5. The number of hydrogen-bond donors (Lipinski definition) is 1. The Labute approximate surface area is 100 Å². The highest BCUT2D eigenvalue weighted by molar-refractivity contribution is 5.87. The number of carboxylic acids is 1. The molecule has 0 aromatic heterocycles. The molecule has 0 atom stereocenters. The SMILES string of the molecule is CCC(C)(C)OCc1ccc(C(=O)O)cc1F. The number of halogens is 1. The molecule has 0 bridgehead atoms. The van der Waals surface area contributed by atoms with E-state index in [9.17, 15) is 9.18 Å². The lowest BCUT2D eigenvalue weighted by Gasteiger charge is -2.23. The minimum absolute atomic E-state index is 0.0546. The molecule has 94 valence electrons. The molecule has 0 aliphatic rings. The highest BCUT2D eigenvalue weighted by atomic mass is 19.1. The van der Waals surface area contributed by atoms with E-state index in [2.05, 4.69) is 0 Å². The molecule has 0 radical (unpaired) electrons. The first-order valence-electron chi connectivity index (χ1n) is 5.51. The van der Waals surface area contributed by atoms with Gasteiger partial charge in [0.05, 0.1) is 17.8 Å². The Hall–Kier alpha value is -1.42. The van der Waals surface area contributed by atoms with E-state index in [1.54, 1.807) is 0 Å². The Morgan fingerprint density at radius 1 is 1.47 bits per heavy atom. The largest absolute Gasteiger partial charge is 0.478 e. The number of benzene rings is 1. The van der Waals surface area contributed by atoms with Crippen LogP contribution in [0.3, 0.4) is 0 Å². The summed E-state index contributed by atoms with van der Waals surface area (Å²) in [6.45, 7) is 5.99. The van der Waals surface area contributed by atoms with Crippen LogP contribution in [0.25, 0.3) is 0 Å². The quantitative estimate of drug-likeness (QED) is 0.859. The summed E-state index contributed by atoms with van der Waals surface area (Å²) in [5, 5.41) is 8.70. The van der Waals surface area contributed by atoms with Crippen molar-refractivity contribution in [3.8, 4) is 0 Å². The fraction of sp³-hybridized carbons (Fsp3) is 0.462. The molecular formula is C13H17FO3. The first kappa shape index (κ1) is 13.6. The number of hydrogen-bond acceptors (Lipinski definition) is 2. The van der Waals surface area contributed by atoms with E-state index in [-0.39, 0.29) is 17.8 Å². The molecule has 0 saturated carbocycles. The fourth-order valence-electron chi connectivity index (χ4n) is 1.17. The zero-order chi connectivity index (χ0) is 13.1. The van der Waals surface area contributed by atoms with E-state index in [4.69, 9.17) is 9.84 Å². The molecule has 0 fully saturated rings. The van der Waals surface area contributed by atoms with Crippen molar-refractivity contribution < 1.29 is 19.0 Å². The second-order valence-electron chi connectivity index (χ2n) is 4.51. The van der Waals surface area contributed by atoms with Gasteiger partial charge in [-0.05, 0) is 32.4 Å². The maximum Gasteiger partial charge on any atom is 0.335 e. The lowest BCUT2D eigenvalue weighted by atomic mass is 10.1. The molecule has 1 aromatic carbocycles. The Bertz CT molecular complexity index is 413. The summed E-state index contributed by atoms with van der Waals surface area (Å²) in [6.07, 6.45) is 0.821. The predicted octanol–water partition coefficient (Wildman–Crippen LogP) is 3.23. The Morgan fingerprint density at radius 3 is 2.59 bits per heavy atom. The van der Waals surface area contributed by atoms with E-state index >= 15 is 0 Å². The summed E-state index contributed by atoms with van der Waals surface area (Å²) in [5.74, 6) is -1.68. The topological polar surface area (TPSA) is 46.5 Å². The number of aromatic carboxylic acids is 1. The second-order valence-corrected chi connectivity index (χ2v) is 4.51. The Balaban J connectivity index is 2.77. The van der Waals surface area contributed by atoms with Gasteiger partial charge in [-0.2, -0.15) is 0 Å². The zero-order valence-corrected chi connectivity index (χ0v) is 10.3. The Morgan fingerprint density at radius 2 is 2.12 bits per heavy atom. The second kappa shape index (κ2) is 5.27. The standard InChI is InChI=1S/C13H17FO3/c1-4-13(2,3)17-8-10-6-5-9(12(15)16)7-11(10)14/h5-7H,4,8H2,1-3H3,(H,15,16). The third-order valence-electron chi connectivity index (χ3n) is 2.77. The summed E-state index contributed by atoms with van der Waals surface area (Å²) in [4.78, 5) is 10.6. The van der Waals surface area contributed by atoms with Gasteiger partial charge in [-0.1, -0.05) is 13.0 Å². The van der Waals surface area contributed by atoms with E-state index < -0.39 is 11.8 Å². The van der Waals surface area contributed by atoms with Crippen molar-refractivity contribution in [1.82, 2.24) is 0 Å². The van der Waals surface area contributed by atoms with Crippen LogP contribution in [0.5, 0.6) is 0 Å². The summed E-state index contributed by atoms with van der Waals surface area (Å²) in [6, 6.07) is 3.84. The van der Waals surface area contributed by atoms with Gasteiger partial charge in [0.2, 0.25) is 0 Å². The molecule has 0 unspecified atom stereocenters. The molecule has 17 heavy (non-hydrogen) atoms. The van der Waals surface area contributed by atoms with E-state index in [0.29, 0.717) is 5.56 Å². The summed E-state index contributed by atoms with van der Waals surface area (Å²) >= 11 is 0. The van der Waals surface area contributed by atoms with E-state index in [0.717, 1.165) is 12.5 Å². The molecule has 1 aromatic rings. The number of rotatable bonds is 5. The molecule has 0 heterocycles. The normalized spacial score (nSPS) is 11.5. The van der Waals surface area contributed by atoms with Crippen molar-refractivity contribution in [2.45, 2.75) is 39.4 Å². The summed E-state index contributed by atoms with van der Waals surface area (Å²) in [7, 11) is 0. The van der Waals surface area contributed by atoms with Gasteiger partial charge in [0.15, 0.2) is 0 Å². The summed E-state index contributed by atoms with van der Waals surface area (Å²) in [5.41, 5.74) is 0.00952. The first-order chi connectivity index (χ1) is 7.85. The molecule has 0 amide bonds. The van der Waals surface area contributed by atoms with Crippen molar-refractivity contribution in [2.75, 3.05) is 0 Å². The third kappa shape index (κ3) is 3.82. The molecule has 4 heteroatoms. The average molecular weight is 240 g/mol. The van der Waals surface area contributed by atoms with Gasteiger partial charge >= 0.3 is 5.97 Å². The van der Waals surface area contributed by atoms with Crippen LogP contribution in [0.1, 0.15) is 43.1 Å². The van der Waals surface area contributed by atoms with Crippen LogP contribution < -0.4 is 0 Å². The van der Waals surface area contributed by atoms with Gasteiger partial charge < -0.3 is 9.84 Å². The van der Waals surface area contributed by atoms with Crippen molar-refractivity contribution >= 4 is 5.97 Å². The van der Waals surface area contributed by atoms with Gasteiger partial charge in [0.1, 0.15) is 5.82 Å². The number of carbonyl (C=O) groups is 1. The number of carboxylic acid groups (broad SMARTS) is 1. The van der Waals surface area contributed by atoms with Crippen LogP contribution in [-0.4, -0.2) is 16.7 Å². The van der Waals surface area contributed by atoms with Crippen LogP contribution in [0, 0.1) is 5.82 Å². The fourth-order valence-corrected chi connectivity index (χ4v) is 1.17. The van der Waals surface area contributed by atoms with Gasteiger partial charge in [-0.15, -0.1) is 0 Å². The van der Waals surface area contributed by atoms with Crippen molar-refractivity contribution in [3.63, 3.8) is 0 Å². The molecule has 1 N–H and O–H groups in total. The van der Waals surface area contributed by atoms with E-state index in [1.807, 2.05) is 20.8 Å². The van der Waals surface area contributed by atoms with Crippen molar-refractivity contribution in [1.29, 1.82) is 0 Å². The highest BCUT2D eigenvalue weighted by Crippen LogP contribution is 2.18. The summed E-state index contributed by atoms with van der Waals surface area (Å²) < 4.78 is 19.1. The Kier molecular flexibility index (Phi) is 4.23. The van der Waals surface area contributed by atoms with Gasteiger partial charge in [-0.25, -0.2) is 9.18 Å². The predicted molar refractivity (Wildman–Crippen MR) is 62.5 cm³/mol. The van der Waals surface area contributed by atoms with Gasteiger partial charge in [-0.3, -0.25) is 0 Å². The number of ether oxygens (including phenoxy) is 1. The molecule has 0 spiro atoms. The minimum Gasteiger partial charge on any atom is -0.478 e. The molecule has 0 aliphatic carbocycles. The molecule has 0 aliphatic heterocycles. The molecule has 0 saturated heterocycles. The van der Waals surface area contributed by atoms with Gasteiger partial charge in [0, 0.05) is 5.56 Å². The van der Waals surface area contributed by atoms with Crippen LogP contribution in [-0.2, 0) is 11.3 Å². The van der Waals surface area contributed by atoms with Crippen LogP contribution in [0.15, 0.2) is 18.2 Å². The van der Waals surface area contributed by atoms with Crippen LogP contribution in [0.4, 0.5) is 4.39 Å². The van der Waals surface area contributed by atoms with E-state index in [1.165, 1.54) is 12.1 Å². The minimum atomic E-state index is -1.13. The van der Waals surface area contributed by atoms with Crippen LogP contribution >= 0.6 is 0 Å². The maximum atomic E-state index is 13.5.